The van der Waals surface area contributed by atoms with Crippen molar-refractivity contribution >= 4 is 22.5 Å². The normalized spacial score (nSPS) is 29.0. The van der Waals surface area contributed by atoms with Crippen LogP contribution in [0.3, 0.4) is 0 Å². The van der Waals surface area contributed by atoms with Crippen LogP contribution in [0.2, 0.25) is 0 Å². The third kappa shape index (κ3) is 3.59. The third-order valence-electron chi connectivity index (χ3n) is 3.88. The molecule has 2 aliphatic heterocycles. The van der Waals surface area contributed by atoms with Gasteiger partial charge in [0.05, 0.1) is 11.5 Å². The van der Waals surface area contributed by atoms with E-state index in [2.05, 4.69) is 17.5 Å². The fourth-order valence-corrected chi connectivity index (χ4v) is 4.25. The largest absolute Gasteiger partial charge is 0.381 e. The molecule has 100 valence electrons. The summed E-state index contributed by atoms with van der Waals surface area (Å²) in [5.74, 6) is 1.48. The van der Waals surface area contributed by atoms with Crippen molar-refractivity contribution in [3.05, 3.63) is 0 Å². The average molecular weight is 279 g/mol. The molecule has 0 aromatic rings. The summed E-state index contributed by atoms with van der Waals surface area (Å²) >= 11 is 4.48. The van der Waals surface area contributed by atoms with Crippen LogP contribution in [-0.2, 0) is 14.6 Å². The monoisotopic (exact) mass is 279 g/mol. The molecule has 0 aromatic carbocycles. The molecule has 0 aliphatic carbocycles. The zero-order chi connectivity index (χ0) is 12.4. The maximum atomic E-state index is 11.4. The van der Waals surface area contributed by atoms with Gasteiger partial charge in [0.2, 0.25) is 0 Å². The Kier molecular flexibility index (Phi) is 4.39. The predicted octanol–water partition coefficient (Wildman–Crippen LogP) is 0.443. The quantitative estimate of drug-likeness (QED) is 0.762. The van der Waals surface area contributed by atoms with E-state index in [0.29, 0.717) is 24.6 Å². The van der Waals surface area contributed by atoms with Gasteiger partial charge in [0.1, 0.15) is 0 Å². The van der Waals surface area contributed by atoms with E-state index in [1.165, 1.54) is 0 Å². The lowest BCUT2D eigenvalue weighted by Gasteiger charge is -2.41. The molecule has 0 bridgehead atoms. The number of nitrogens with zero attached hydrogens (tertiary/aromatic N) is 1. The second kappa shape index (κ2) is 5.47. The minimum absolute atomic E-state index is 0.225. The van der Waals surface area contributed by atoms with Crippen LogP contribution in [0.15, 0.2) is 0 Å². The molecule has 2 rings (SSSR count). The van der Waals surface area contributed by atoms with E-state index < -0.39 is 9.84 Å². The maximum Gasteiger partial charge on any atom is 0.152 e. The molecule has 2 fully saturated rings. The zero-order valence-electron chi connectivity index (χ0n) is 10.1. The van der Waals surface area contributed by atoms with Crippen LogP contribution in [0.5, 0.6) is 0 Å². The first kappa shape index (κ1) is 13.6. The van der Waals surface area contributed by atoms with Crippen molar-refractivity contribution in [3.8, 4) is 0 Å². The number of ether oxygens (including phenoxy) is 1. The Morgan fingerprint density at radius 2 is 1.76 bits per heavy atom. The number of hydrogen-bond donors (Lipinski definition) is 1. The van der Waals surface area contributed by atoms with E-state index in [9.17, 15) is 8.42 Å². The zero-order valence-corrected chi connectivity index (χ0v) is 11.8. The van der Waals surface area contributed by atoms with Gasteiger partial charge >= 0.3 is 0 Å². The van der Waals surface area contributed by atoms with Gasteiger partial charge in [-0.15, -0.1) is 0 Å². The minimum Gasteiger partial charge on any atom is -0.381 e. The van der Waals surface area contributed by atoms with Crippen molar-refractivity contribution in [1.82, 2.24) is 4.90 Å². The summed E-state index contributed by atoms with van der Waals surface area (Å²) in [7, 11) is -2.77. The van der Waals surface area contributed by atoms with Gasteiger partial charge in [-0.1, -0.05) is 0 Å². The van der Waals surface area contributed by atoms with Crippen LogP contribution in [-0.4, -0.2) is 63.4 Å². The summed E-state index contributed by atoms with van der Waals surface area (Å²) in [6.07, 6.45) is 2.08. The second-order valence-corrected chi connectivity index (χ2v) is 7.82. The fourth-order valence-electron chi connectivity index (χ4n) is 2.55. The Hall–Kier alpha value is 0.220. The highest BCUT2D eigenvalue weighted by Gasteiger charge is 2.34. The molecule has 0 N–H and O–H groups in total. The first-order chi connectivity index (χ1) is 8.05. The van der Waals surface area contributed by atoms with Crippen molar-refractivity contribution in [3.63, 3.8) is 0 Å². The van der Waals surface area contributed by atoms with Crippen LogP contribution < -0.4 is 0 Å². The molecule has 17 heavy (non-hydrogen) atoms. The van der Waals surface area contributed by atoms with Crippen LogP contribution in [0.1, 0.15) is 12.8 Å². The number of rotatable bonds is 3. The van der Waals surface area contributed by atoms with Crippen molar-refractivity contribution in [2.45, 2.75) is 12.8 Å². The highest BCUT2D eigenvalue weighted by Crippen LogP contribution is 2.33. The van der Waals surface area contributed by atoms with E-state index in [-0.39, 0.29) is 5.41 Å². The molecule has 2 aliphatic rings. The Bertz CT molecular complexity index is 336. The van der Waals surface area contributed by atoms with Gasteiger partial charge in [0, 0.05) is 32.8 Å². The molecule has 2 saturated heterocycles. The van der Waals surface area contributed by atoms with Crippen molar-refractivity contribution in [2.24, 2.45) is 5.41 Å². The first-order valence-electron chi connectivity index (χ1n) is 6.17. The summed E-state index contributed by atoms with van der Waals surface area (Å²) < 4.78 is 28.2. The molecule has 0 amide bonds. The Morgan fingerprint density at radius 1 is 1.18 bits per heavy atom. The maximum absolute atomic E-state index is 11.4. The van der Waals surface area contributed by atoms with E-state index in [1.54, 1.807) is 0 Å². The molecule has 0 radical (unpaired) electrons. The van der Waals surface area contributed by atoms with Crippen molar-refractivity contribution in [1.29, 1.82) is 0 Å². The predicted molar refractivity (Wildman–Crippen MR) is 71.4 cm³/mol. The number of thiol groups is 1. The summed E-state index contributed by atoms with van der Waals surface area (Å²) in [6.45, 7) is 3.95. The summed E-state index contributed by atoms with van der Waals surface area (Å²) in [6, 6.07) is 0. The first-order valence-corrected chi connectivity index (χ1v) is 8.62. The van der Waals surface area contributed by atoms with Crippen LogP contribution >= 0.6 is 12.6 Å². The molecule has 2 heterocycles. The van der Waals surface area contributed by atoms with Gasteiger partial charge in [-0.05, 0) is 24.0 Å². The van der Waals surface area contributed by atoms with E-state index >= 15 is 0 Å². The molecule has 6 heteroatoms. The molecule has 0 aromatic heterocycles. The summed E-state index contributed by atoms with van der Waals surface area (Å²) in [5.41, 5.74) is 0.225. The van der Waals surface area contributed by atoms with E-state index in [0.717, 1.165) is 38.4 Å². The molecular weight excluding hydrogens is 258 g/mol. The highest BCUT2D eigenvalue weighted by atomic mass is 32.2. The van der Waals surface area contributed by atoms with Crippen LogP contribution in [0.4, 0.5) is 0 Å². The van der Waals surface area contributed by atoms with Gasteiger partial charge in [-0.2, -0.15) is 12.6 Å². The van der Waals surface area contributed by atoms with Gasteiger partial charge in [0.15, 0.2) is 9.84 Å². The highest BCUT2D eigenvalue weighted by molar-refractivity contribution is 7.91. The Morgan fingerprint density at radius 3 is 2.29 bits per heavy atom. The molecule has 0 saturated carbocycles. The lowest BCUT2D eigenvalue weighted by molar-refractivity contribution is 0.00900. The lowest BCUT2D eigenvalue weighted by Crippen LogP contribution is -2.48. The fraction of sp³-hybridized carbons (Fsp3) is 1.00. The number of sulfone groups is 1. The lowest BCUT2D eigenvalue weighted by atomic mass is 9.81. The third-order valence-corrected chi connectivity index (χ3v) is 6.16. The van der Waals surface area contributed by atoms with Crippen LogP contribution in [0, 0.1) is 5.41 Å². The van der Waals surface area contributed by atoms with Crippen molar-refractivity contribution < 1.29 is 13.2 Å². The Labute approximate surface area is 109 Å². The molecular formula is C11H21NO3S2. The molecule has 0 spiro atoms. The van der Waals surface area contributed by atoms with Gasteiger partial charge < -0.3 is 9.64 Å². The smallest absolute Gasteiger partial charge is 0.152 e. The van der Waals surface area contributed by atoms with Gasteiger partial charge in [-0.25, -0.2) is 8.42 Å². The average Bonchev–Trinajstić information content (AvgIpc) is 2.33. The minimum atomic E-state index is -2.77. The SMILES string of the molecule is O=S1(=O)CCN(CC2(CS)CCOCC2)CC1. The van der Waals surface area contributed by atoms with Gasteiger partial charge in [0.25, 0.3) is 0 Å². The summed E-state index contributed by atoms with van der Waals surface area (Å²) in [4.78, 5) is 2.28. The summed E-state index contributed by atoms with van der Waals surface area (Å²) in [5, 5.41) is 0. The van der Waals surface area contributed by atoms with E-state index in [4.69, 9.17) is 4.74 Å². The van der Waals surface area contributed by atoms with Crippen LogP contribution in [0.25, 0.3) is 0 Å². The number of hydrogen-bond acceptors (Lipinski definition) is 5. The van der Waals surface area contributed by atoms with E-state index in [1.807, 2.05) is 0 Å². The van der Waals surface area contributed by atoms with Crippen molar-refractivity contribution in [2.75, 3.05) is 50.1 Å². The molecule has 4 nitrogen and oxygen atoms in total. The molecule has 0 atom stereocenters. The Balaban J connectivity index is 1.91. The standard InChI is InChI=1S/C11H21NO3S2/c13-17(14)7-3-12(4-8-17)9-11(10-16)1-5-15-6-2-11/h16H,1-10H2. The molecule has 0 unspecified atom stereocenters. The topological polar surface area (TPSA) is 46.6 Å². The second-order valence-electron chi connectivity index (χ2n) is 5.20. The van der Waals surface area contributed by atoms with Gasteiger partial charge in [-0.3, -0.25) is 0 Å².